The third-order valence-corrected chi connectivity index (χ3v) is 6.35. The fourth-order valence-corrected chi connectivity index (χ4v) is 4.54. The van der Waals surface area contributed by atoms with Gasteiger partial charge in [0.2, 0.25) is 0 Å². The Balaban J connectivity index is 2.04. The van der Waals surface area contributed by atoms with Gasteiger partial charge in [0.15, 0.2) is 6.10 Å². The largest absolute Gasteiger partial charge is 0.467 e. The third-order valence-electron chi connectivity index (χ3n) is 5.33. The zero-order valence-corrected chi connectivity index (χ0v) is 20.4. The van der Waals surface area contributed by atoms with Crippen molar-refractivity contribution in [3.05, 3.63) is 62.6 Å². The molecule has 1 heterocycles. The lowest BCUT2D eigenvalue weighted by Crippen LogP contribution is -2.39. The topological polar surface area (TPSA) is 67.9 Å². The summed E-state index contributed by atoms with van der Waals surface area (Å²) >= 11 is 3.70. The number of rotatable bonds is 5. The van der Waals surface area contributed by atoms with Crippen LogP contribution >= 0.6 is 15.9 Å². The van der Waals surface area contributed by atoms with Crippen LogP contribution < -0.4 is 5.32 Å². The van der Waals surface area contributed by atoms with Gasteiger partial charge in [-0.2, -0.15) is 0 Å². The Hall–Kier alpha value is -2.38. The van der Waals surface area contributed by atoms with E-state index in [0.717, 1.165) is 32.4 Å². The number of hydrogen-bond acceptors (Lipinski definition) is 4. The number of hydrogen-bond donors (Lipinski definition) is 1. The Morgan fingerprint density at radius 1 is 1.19 bits per heavy atom. The number of halogens is 1. The number of fused-ring (bicyclic) bond motifs is 1. The van der Waals surface area contributed by atoms with E-state index in [0.29, 0.717) is 18.7 Å². The van der Waals surface area contributed by atoms with Gasteiger partial charge in [-0.15, -0.1) is 0 Å². The van der Waals surface area contributed by atoms with E-state index in [1.54, 1.807) is 4.90 Å². The third kappa shape index (κ3) is 4.93. The standard InChI is InChI=1S/C24H29BrN2O4/c1-14-17-13-27(12-16-10-8-7-9-11-16)23(29)26-20(17)15(2)18(19(14)25)21(22(28)30-6)31-24(3,4)5/h7-11,21H,12-13H2,1-6H3,(H,26,29). The van der Waals surface area contributed by atoms with Crippen molar-refractivity contribution in [1.82, 2.24) is 4.90 Å². The summed E-state index contributed by atoms with van der Waals surface area (Å²) in [6, 6.07) is 9.73. The number of nitrogens with zero attached hydrogens (tertiary/aromatic N) is 1. The van der Waals surface area contributed by atoms with Crippen LogP contribution in [0.15, 0.2) is 34.8 Å². The average molecular weight is 489 g/mol. The fraction of sp³-hybridized carbons (Fsp3) is 0.417. The lowest BCUT2D eigenvalue weighted by atomic mass is 9.92. The molecule has 0 spiro atoms. The molecule has 0 bridgehead atoms. The van der Waals surface area contributed by atoms with Crippen LogP contribution in [0.25, 0.3) is 0 Å². The Morgan fingerprint density at radius 3 is 2.42 bits per heavy atom. The Labute approximate surface area is 192 Å². The molecule has 0 saturated heterocycles. The van der Waals surface area contributed by atoms with E-state index in [9.17, 15) is 9.59 Å². The van der Waals surface area contributed by atoms with Crippen LogP contribution in [0.4, 0.5) is 10.5 Å². The first-order chi connectivity index (χ1) is 14.5. The smallest absolute Gasteiger partial charge is 0.339 e. The number of ether oxygens (including phenoxy) is 2. The van der Waals surface area contributed by atoms with E-state index in [1.165, 1.54) is 7.11 Å². The average Bonchev–Trinajstić information content (AvgIpc) is 2.72. The maximum atomic E-state index is 12.9. The number of esters is 1. The molecule has 2 amide bonds. The van der Waals surface area contributed by atoms with Gasteiger partial charge < -0.3 is 19.7 Å². The number of benzene rings is 2. The van der Waals surface area contributed by atoms with Crippen molar-refractivity contribution in [2.75, 3.05) is 12.4 Å². The normalized spacial score (nSPS) is 14.7. The van der Waals surface area contributed by atoms with Crippen LogP contribution in [0.5, 0.6) is 0 Å². The monoisotopic (exact) mass is 488 g/mol. The molecule has 2 aromatic carbocycles. The van der Waals surface area contributed by atoms with Crippen molar-refractivity contribution in [3.8, 4) is 0 Å². The van der Waals surface area contributed by atoms with Crippen molar-refractivity contribution < 1.29 is 19.1 Å². The van der Waals surface area contributed by atoms with E-state index >= 15 is 0 Å². The molecule has 7 heteroatoms. The van der Waals surface area contributed by atoms with E-state index in [1.807, 2.05) is 65.0 Å². The second-order valence-corrected chi connectivity index (χ2v) is 9.53. The van der Waals surface area contributed by atoms with Gasteiger partial charge in [0.1, 0.15) is 0 Å². The van der Waals surface area contributed by atoms with Crippen LogP contribution in [0.1, 0.15) is 54.7 Å². The maximum Gasteiger partial charge on any atom is 0.339 e. The molecule has 0 aromatic heterocycles. The lowest BCUT2D eigenvalue weighted by molar-refractivity contribution is -0.164. The molecule has 3 rings (SSSR count). The van der Waals surface area contributed by atoms with E-state index < -0.39 is 17.7 Å². The molecule has 0 aliphatic carbocycles. The molecule has 6 nitrogen and oxygen atoms in total. The molecule has 1 atom stereocenters. The Kier molecular flexibility index (Phi) is 6.76. The molecule has 2 aromatic rings. The molecule has 1 aliphatic rings. The van der Waals surface area contributed by atoms with Crippen LogP contribution in [0.2, 0.25) is 0 Å². The highest BCUT2D eigenvalue weighted by atomic mass is 79.9. The number of urea groups is 1. The zero-order chi connectivity index (χ0) is 22.9. The first kappa shape index (κ1) is 23.3. The van der Waals surface area contributed by atoms with Crippen molar-refractivity contribution in [1.29, 1.82) is 0 Å². The van der Waals surface area contributed by atoms with Crippen molar-refractivity contribution in [2.45, 2.75) is 59.4 Å². The lowest BCUT2D eigenvalue weighted by Gasteiger charge is -2.35. The summed E-state index contributed by atoms with van der Waals surface area (Å²) in [7, 11) is 1.35. The van der Waals surface area contributed by atoms with Crippen LogP contribution in [0.3, 0.4) is 0 Å². The first-order valence-electron chi connectivity index (χ1n) is 10.2. The van der Waals surface area contributed by atoms with Gasteiger partial charge in [-0.25, -0.2) is 9.59 Å². The molecule has 1 unspecified atom stereocenters. The number of carbonyl (C=O) groups is 2. The molecule has 0 fully saturated rings. The number of carbonyl (C=O) groups excluding carboxylic acids is 2. The van der Waals surface area contributed by atoms with E-state index in [2.05, 4.69) is 21.2 Å². The summed E-state index contributed by atoms with van der Waals surface area (Å²) in [4.78, 5) is 27.3. The summed E-state index contributed by atoms with van der Waals surface area (Å²) in [5.74, 6) is -0.481. The fourth-order valence-electron chi connectivity index (χ4n) is 3.79. The first-order valence-corrected chi connectivity index (χ1v) is 11.0. The van der Waals surface area contributed by atoms with Crippen LogP contribution in [-0.2, 0) is 27.4 Å². The van der Waals surface area contributed by atoms with Crippen LogP contribution in [-0.4, -0.2) is 29.6 Å². The molecular weight excluding hydrogens is 460 g/mol. The van der Waals surface area contributed by atoms with Crippen molar-refractivity contribution in [3.63, 3.8) is 0 Å². The summed E-state index contributed by atoms with van der Waals surface area (Å²) < 4.78 is 11.9. The number of anilines is 1. The van der Waals surface area contributed by atoms with Gasteiger partial charge >= 0.3 is 12.0 Å². The van der Waals surface area contributed by atoms with Gasteiger partial charge in [-0.05, 0) is 56.9 Å². The van der Waals surface area contributed by atoms with E-state index in [4.69, 9.17) is 9.47 Å². The molecule has 0 radical (unpaired) electrons. The minimum Gasteiger partial charge on any atom is -0.467 e. The predicted molar refractivity (Wildman–Crippen MR) is 124 cm³/mol. The number of methoxy groups -OCH3 is 1. The van der Waals surface area contributed by atoms with E-state index in [-0.39, 0.29) is 6.03 Å². The van der Waals surface area contributed by atoms with Gasteiger partial charge in [0.25, 0.3) is 0 Å². The van der Waals surface area contributed by atoms with Gasteiger partial charge in [-0.3, -0.25) is 0 Å². The van der Waals surface area contributed by atoms with Crippen molar-refractivity contribution >= 4 is 33.6 Å². The molecule has 1 aliphatic heterocycles. The van der Waals surface area contributed by atoms with Gasteiger partial charge in [0, 0.05) is 16.6 Å². The second-order valence-electron chi connectivity index (χ2n) is 8.74. The van der Waals surface area contributed by atoms with Crippen LogP contribution in [0, 0.1) is 13.8 Å². The van der Waals surface area contributed by atoms with Crippen molar-refractivity contribution in [2.24, 2.45) is 0 Å². The maximum absolute atomic E-state index is 12.9. The number of nitrogens with one attached hydrogen (secondary N) is 1. The SMILES string of the molecule is COC(=O)C(OC(C)(C)C)c1c(C)c2c(c(C)c1Br)CN(Cc1ccccc1)C(=O)N2. The molecule has 31 heavy (non-hydrogen) atoms. The minimum absolute atomic E-state index is 0.168. The summed E-state index contributed by atoms with van der Waals surface area (Å²) in [5.41, 5.74) is 4.68. The highest BCUT2D eigenvalue weighted by Crippen LogP contribution is 2.43. The highest BCUT2D eigenvalue weighted by molar-refractivity contribution is 9.10. The summed E-state index contributed by atoms with van der Waals surface area (Å²) in [5, 5.41) is 3.04. The molecular formula is C24H29BrN2O4. The quantitative estimate of drug-likeness (QED) is 0.552. The number of amides is 2. The molecule has 0 saturated carbocycles. The summed E-state index contributed by atoms with van der Waals surface area (Å²) in [6.45, 7) is 10.5. The highest BCUT2D eigenvalue weighted by Gasteiger charge is 2.35. The Bertz CT molecular complexity index is 999. The van der Waals surface area contributed by atoms with Gasteiger partial charge in [-0.1, -0.05) is 46.3 Å². The minimum atomic E-state index is -0.914. The molecule has 166 valence electrons. The Morgan fingerprint density at radius 2 is 1.84 bits per heavy atom. The van der Waals surface area contributed by atoms with Gasteiger partial charge in [0.05, 0.1) is 24.9 Å². The summed E-state index contributed by atoms with van der Waals surface area (Å²) in [6.07, 6.45) is -0.914. The zero-order valence-electron chi connectivity index (χ0n) is 18.8. The second kappa shape index (κ2) is 9.01. The molecule has 1 N–H and O–H groups in total. The predicted octanol–water partition coefficient (Wildman–Crippen LogP) is 5.64.